The summed E-state index contributed by atoms with van der Waals surface area (Å²) in [5.41, 5.74) is 2.32. The van der Waals surface area contributed by atoms with E-state index in [0.29, 0.717) is 6.04 Å². The van der Waals surface area contributed by atoms with Crippen molar-refractivity contribution >= 4 is 0 Å². The first-order chi connectivity index (χ1) is 9.85. The molecule has 1 heterocycles. The second-order valence-corrected chi connectivity index (χ2v) is 4.80. The van der Waals surface area contributed by atoms with Gasteiger partial charge in [-0.1, -0.05) is 25.1 Å². The van der Waals surface area contributed by atoms with E-state index in [1.807, 2.05) is 29.1 Å². The Morgan fingerprint density at radius 2 is 2.10 bits per heavy atom. The van der Waals surface area contributed by atoms with Crippen LogP contribution in [0.25, 0.3) is 5.69 Å². The van der Waals surface area contributed by atoms with Crippen molar-refractivity contribution in [3.8, 4) is 5.69 Å². The molecule has 0 aliphatic rings. The Morgan fingerprint density at radius 1 is 1.30 bits per heavy atom. The van der Waals surface area contributed by atoms with Crippen LogP contribution in [0.1, 0.15) is 31.4 Å². The number of hydrogen-bond acceptors (Lipinski definition) is 3. The predicted molar refractivity (Wildman–Crippen MR) is 81.1 cm³/mol. The average molecular weight is 273 g/mol. The van der Waals surface area contributed by atoms with Gasteiger partial charge in [0.2, 0.25) is 0 Å². The van der Waals surface area contributed by atoms with Crippen molar-refractivity contribution in [2.75, 3.05) is 20.3 Å². The first-order valence-corrected chi connectivity index (χ1v) is 7.17. The van der Waals surface area contributed by atoms with Crippen LogP contribution in [0.2, 0.25) is 0 Å². The molecule has 1 atom stereocenters. The maximum absolute atomic E-state index is 5.13. The lowest BCUT2D eigenvalue weighted by Gasteiger charge is -2.15. The summed E-state index contributed by atoms with van der Waals surface area (Å²) in [6.45, 7) is 3.88. The van der Waals surface area contributed by atoms with E-state index in [2.05, 4.69) is 35.7 Å². The highest BCUT2D eigenvalue weighted by molar-refractivity contribution is 5.31. The quantitative estimate of drug-likeness (QED) is 0.752. The summed E-state index contributed by atoms with van der Waals surface area (Å²) in [6.07, 6.45) is 6.16. The van der Waals surface area contributed by atoms with Gasteiger partial charge in [-0.3, -0.25) is 0 Å². The predicted octanol–water partition coefficient (Wildman–Crippen LogP) is 2.95. The number of nitrogens with zero attached hydrogens (tertiary/aromatic N) is 2. The zero-order chi connectivity index (χ0) is 14.2. The van der Waals surface area contributed by atoms with Gasteiger partial charge in [-0.15, -0.1) is 0 Å². The molecule has 0 saturated heterocycles. The molecule has 0 amide bonds. The molecule has 1 unspecified atom stereocenters. The molecule has 2 aromatic rings. The number of nitrogens with one attached hydrogen (secondary N) is 1. The number of ether oxygens (including phenoxy) is 1. The molecule has 0 bridgehead atoms. The molecule has 4 heteroatoms. The molecule has 0 radical (unpaired) electrons. The van der Waals surface area contributed by atoms with Crippen LogP contribution in [0, 0.1) is 0 Å². The lowest BCUT2D eigenvalue weighted by molar-refractivity contribution is 0.189. The van der Waals surface area contributed by atoms with Crippen molar-refractivity contribution in [3.05, 3.63) is 48.3 Å². The number of rotatable bonds is 8. The molecule has 2 rings (SSSR count). The Labute approximate surface area is 120 Å². The summed E-state index contributed by atoms with van der Waals surface area (Å²) in [6, 6.07) is 10.5. The smallest absolute Gasteiger partial charge is 0.0645 e. The van der Waals surface area contributed by atoms with Gasteiger partial charge in [0, 0.05) is 31.5 Å². The largest absolute Gasteiger partial charge is 0.385 e. The lowest BCUT2D eigenvalue weighted by Crippen LogP contribution is -2.20. The topological polar surface area (TPSA) is 39.1 Å². The van der Waals surface area contributed by atoms with Crippen LogP contribution in [-0.4, -0.2) is 30.0 Å². The van der Waals surface area contributed by atoms with Gasteiger partial charge in [-0.2, -0.15) is 5.10 Å². The van der Waals surface area contributed by atoms with Gasteiger partial charge in [-0.05, 0) is 31.5 Å². The first kappa shape index (κ1) is 14.8. The zero-order valence-electron chi connectivity index (χ0n) is 12.2. The maximum Gasteiger partial charge on any atom is 0.0645 e. The second kappa shape index (κ2) is 7.82. The van der Waals surface area contributed by atoms with Crippen molar-refractivity contribution in [1.29, 1.82) is 0 Å². The molecule has 0 saturated carbocycles. The van der Waals surface area contributed by atoms with E-state index in [4.69, 9.17) is 4.74 Å². The van der Waals surface area contributed by atoms with Gasteiger partial charge in [0.15, 0.2) is 0 Å². The van der Waals surface area contributed by atoms with Gasteiger partial charge in [0.05, 0.1) is 11.9 Å². The number of para-hydroxylation sites is 1. The highest BCUT2D eigenvalue weighted by Gasteiger charge is 2.12. The van der Waals surface area contributed by atoms with E-state index < -0.39 is 0 Å². The van der Waals surface area contributed by atoms with Crippen molar-refractivity contribution in [2.24, 2.45) is 0 Å². The molecular weight excluding hydrogens is 250 g/mol. The molecule has 1 aromatic heterocycles. The normalized spacial score (nSPS) is 12.5. The summed E-state index contributed by atoms with van der Waals surface area (Å²) >= 11 is 0. The van der Waals surface area contributed by atoms with E-state index in [0.717, 1.165) is 31.7 Å². The summed E-state index contributed by atoms with van der Waals surface area (Å²) < 4.78 is 7.06. The van der Waals surface area contributed by atoms with Gasteiger partial charge < -0.3 is 10.1 Å². The van der Waals surface area contributed by atoms with Gasteiger partial charge in [-0.25, -0.2) is 4.68 Å². The fourth-order valence-electron chi connectivity index (χ4n) is 2.30. The fourth-order valence-corrected chi connectivity index (χ4v) is 2.30. The Hall–Kier alpha value is -1.65. The van der Waals surface area contributed by atoms with E-state index >= 15 is 0 Å². The molecule has 1 aromatic carbocycles. The van der Waals surface area contributed by atoms with Crippen LogP contribution in [0.5, 0.6) is 0 Å². The third kappa shape index (κ3) is 3.92. The minimum absolute atomic E-state index is 0.340. The second-order valence-electron chi connectivity index (χ2n) is 4.80. The lowest BCUT2D eigenvalue weighted by atomic mass is 10.1. The van der Waals surface area contributed by atoms with Crippen LogP contribution in [0.3, 0.4) is 0 Å². The summed E-state index contributed by atoms with van der Waals surface area (Å²) in [5, 5.41) is 7.98. The van der Waals surface area contributed by atoms with E-state index in [9.17, 15) is 0 Å². The van der Waals surface area contributed by atoms with Crippen molar-refractivity contribution < 1.29 is 4.74 Å². The first-order valence-electron chi connectivity index (χ1n) is 7.17. The molecule has 1 N–H and O–H groups in total. The summed E-state index contributed by atoms with van der Waals surface area (Å²) in [4.78, 5) is 0. The molecule has 0 spiro atoms. The van der Waals surface area contributed by atoms with Crippen molar-refractivity contribution in [2.45, 2.75) is 25.8 Å². The number of benzene rings is 1. The van der Waals surface area contributed by atoms with Crippen LogP contribution < -0.4 is 5.32 Å². The molecule has 20 heavy (non-hydrogen) atoms. The highest BCUT2D eigenvalue weighted by atomic mass is 16.5. The van der Waals surface area contributed by atoms with Gasteiger partial charge in [0.1, 0.15) is 0 Å². The fraction of sp³-hybridized carbons (Fsp3) is 0.438. The Balaban J connectivity index is 2.08. The van der Waals surface area contributed by atoms with Crippen LogP contribution in [-0.2, 0) is 4.74 Å². The number of methoxy groups -OCH3 is 1. The third-order valence-electron chi connectivity index (χ3n) is 3.32. The zero-order valence-corrected chi connectivity index (χ0v) is 12.2. The van der Waals surface area contributed by atoms with Crippen LogP contribution >= 0.6 is 0 Å². The van der Waals surface area contributed by atoms with Gasteiger partial charge in [0.25, 0.3) is 0 Å². The average Bonchev–Trinajstić information content (AvgIpc) is 2.97. The summed E-state index contributed by atoms with van der Waals surface area (Å²) in [5.74, 6) is 0. The maximum atomic E-state index is 5.13. The Kier molecular flexibility index (Phi) is 5.77. The Bertz CT molecular complexity index is 495. The molecular formula is C16H23N3O. The van der Waals surface area contributed by atoms with Crippen LogP contribution in [0.4, 0.5) is 0 Å². The molecule has 0 aliphatic carbocycles. The van der Waals surface area contributed by atoms with E-state index in [-0.39, 0.29) is 0 Å². The van der Waals surface area contributed by atoms with Crippen molar-refractivity contribution in [3.63, 3.8) is 0 Å². The monoisotopic (exact) mass is 273 g/mol. The van der Waals surface area contributed by atoms with Crippen molar-refractivity contribution in [1.82, 2.24) is 15.1 Å². The highest BCUT2D eigenvalue weighted by Crippen LogP contribution is 2.19. The standard InChI is InChI=1S/C16H23N3O/c1-3-17-16(10-7-11-20-2)14-12-18-19(13-14)15-8-5-4-6-9-15/h4-6,8-9,12-13,16-17H,3,7,10-11H2,1-2H3. The van der Waals surface area contributed by atoms with E-state index in [1.54, 1.807) is 7.11 Å². The minimum atomic E-state index is 0.340. The molecule has 108 valence electrons. The number of aromatic nitrogens is 2. The Morgan fingerprint density at radius 3 is 2.80 bits per heavy atom. The number of hydrogen-bond donors (Lipinski definition) is 1. The minimum Gasteiger partial charge on any atom is -0.385 e. The van der Waals surface area contributed by atoms with Crippen LogP contribution in [0.15, 0.2) is 42.7 Å². The molecule has 0 aliphatic heterocycles. The summed E-state index contributed by atoms with van der Waals surface area (Å²) in [7, 11) is 1.75. The SMILES string of the molecule is CCNC(CCCOC)c1cnn(-c2ccccc2)c1. The molecule has 0 fully saturated rings. The van der Waals surface area contributed by atoms with E-state index in [1.165, 1.54) is 5.56 Å². The van der Waals surface area contributed by atoms with Gasteiger partial charge >= 0.3 is 0 Å². The third-order valence-corrected chi connectivity index (χ3v) is 3.32. The molecule has 4 nitrogen and oxygen atoms in total.